The van der Waals surface area contributed by atoms with Crippen LogP contribution in [-0.4, -0.2) is 34.0 Å². The second-order valence-corrected chi connectivity index (χ2v) is 7.26. The third-order valence-corrected chi connectivity index (χ3v) is 5.63. The molecular weight excluding hydrogens is 314 g/mol. The van der Waals surface area contributed by atoms with Crippen molar-refractivity contribution in [1.82, 2.24) is 25.0 Å². The highest BCUT2D eigenvalue weighted by Gasteiger charge is 2.27. The summed E-state index contributed by atoms with van der Waals surface area (Å²) < 4.78 is 4.08. The van der Waals surface area contributed by atoms with Gasteiger partial charge in [0.05, 0.1) is 12.4 Å². The van der Waals surface area contributed by atoms with Gasteiger partial charge in [-0.3, -0.25) is 14.7 Å². The summed E-state index contributed by atoms with van der Waals surface area (Å²) in [5, 5.41) is 12.8. The molecule has 2 aromatic heterocycles. The van der Waals surface area contributed by atoms with Gasteiger partial charge in [0.25, 0.3) is 5.56 Å². The molecule has 4 rings (SSSR count). The van der Waals surface area contributed by atoms with Crippen LogP contribution < -0.4 is 16.2 Å². The zero-order valence-corrected chi connectivity index (χ0v) is 15.2. The number of nitrogens with one attached hydrogen (secondary N) is 2. The topological polar surface area (TPSA) is 63.9 Å². The molecule has 0 bridgehead atoms. The molecule has 0 amide bonds. The Kier molecular flexibility index (Phi) is 4.90. The molecule has 136 valence electrons. The number of hydrogen-bond donors (Lipinski definition) is 2. The second-order valence-electron chi connectivity index (χ2n) is 7.26. The highest BCUT2D eigenvalue weighted by molar-refractivity contribution is 5.81. The number of nitrogens with zero attached hydrogens (tertiary/aromatic N) is 3. The van der Waals surface area contributed by atoms with Gasteiger partial charge in [-0.15, -0.1) is 0 Å². The summed E-state index contributed by atoms with van der Waals surface area (Å²) in [7, 11) is 0. The lowest BCUT2D eigenvalue weighted by atomic mass is 9.91. The van der Waals surface area contributed by atoms with Crippen molar-refractivity contribution in [3.05, 3.63) is 27.7 Å². The number of fused-ring (bicyclic) bond motifs is 3. The largest absolute Gasteiger partial charge is 0.317 e. The zero-order valence-electron chi connectivity index (χ0n) is 15.2. The molecule has 2 aliphatic rings. The van der Waals surface area contributed by atoms with E-state index in [1.165, 1.54) is 17.4 Å². The van der Waals surface area contributed by atoms with Crippen LogP contribution >= 0.6 is 0 Å². The Hall–Kier alpha value is -1.66. The number of hydrogen-bond acceptors (Lipinski definition) is 4. The Morgan fingerprint density at radius 2 is 2.12 bits per heavy atom. The molecule has 25 heavy (non-hydrogen) atoms. The van der Waals surface area contributed by atoms with Crippen LogP contribution in [0.4, 0.5) is 0 Å². The van der Waals surface area contributed by atoms with Crippen LogP contribution in [0.25, 0.3) is 11.0 Å². The Morgan fingerprint density at radius 1 is 1.28 bits per heavy atom. The average molecular weight is 343 g/mol. The van der Waals surface area contributed by atoms with Crippen LogP contribution in [0.1, 0.15) is 56.3 Å². The third-order valence-electron chi connectivity index (χ3n) is 5.63. The molecule has 0 radical (unpaired) electrons. The Morgan fingerprint density at radius 3 is 2.88 bits per heavy atom. The van der Waals surface area contributed by atoms with Gasteiger partial charge >= 0.3 is 0 Å². The van der Waals surface area contributed by atoms with Gasteiger partial charge in [-0.25, -0.2) is 4.68 Å². The van der Waals surface area contributed by atoms with Crippen LogP contribution in [0.2, 0.25) is 0 Å². The number of rotatable bonds is 6. The summed E-state index contributed by atoms with van der Waals surface area (Å²) in [6.07, 6.45) is 9.53. The third kappa shape index (κ3) is 3.02. The molecule has 1 aliphatic carbocycles. The van der Waals surface area contributed by atoms with E-state index in [1.54, 1.807) is 0 Å². The summed E-state index contributed by atoms with van der Waals surface area (Å²) in [6, 6.07) is 0. The molecule has 1 aliphatic heterocycles. The van der Waals surface area contributed by atoms with Crippen molar-refractivity contribution in [2.24, 2.45) is 0 Å². The first kappa shape index (κ1) is 16.8. The van der Waals surface area contributed by atoms with E-state index in [9.17, 15) is 4.79 Å². The minimum absolute atomic E-state index is 0.117. The monoisotopic (exact) mass is 343 g/mol. The van der Waals surface area contributed by atoms with Gasteiger partial charge in [0.1, 0.15) is 5.65 Å². The minimum Gasteiger partial charge on any atom is -0.317 e. The van der Waals surface area contributed by atoms with Crippen LogP contribution in [0.3, 0.4) is 0 Å². The van der Waals surface area contributed by atoms with Crippen molar-refractivity contribution >= 4 is 11.0 Å². The van der Waals surface area contributed by atoms with Crippen molar-refractivity contribution in [2.45, 2.75) is 64.6 Å². The van der Waals surface area contributed by atoms with Gasteiger partial charge in [-0.05, 0) is 70.1 Å². The molecule has 0 spiro atoms. The lowest BCUT2D eigenvalue weighted by molar-refractivity contribution is 0.449. The van der Waals surface area contributed by atoms with Gasteiger partial charge < -0.3 is 5.32 Å². The first-order chi connectivity index (χ1) is 12.3. The van der Waals surface area contributed by atoms with Gasteiger partial charge in [-0.1, -0.05) is 6.92 Å². The van der Waals surface area contributed by atoms with Crippen molar-refractivity contribution in [1.29, 1.82) is 0 Å². The SMILES string of the molecule is CCNCCCn1ncc2c3c(c(=O)n(C4CCCN4)c21)CCCC3. The van der Waals surface area contributed by atoms with Crippen LogP contribution in [0, 0.1) is 0 Å². The highest BCUT2D eigenvalue weighted by atomic mass is 16.1. The quantitative estimate of drug-likeness (QED) is 0.787. The van der Waals surface area contributed by atoms with Crippen molar-refractivity contribution in [2.75, 3.05) is 19.6 Å². The summed E-state index contributed by atoms with van der Waals surface area (Å²) >= 11 is 0. The molecule has 2 N–H and O–H groups in total. The van der Waals surface area contributed by atoms with Crippen LogP contribution in [0.15, 0.2) is 11.0 Å². The van der Waals surface area contributed by atoms with Crippen molar-refractivity contribution < 1.29 is 0 Å². The lowest BCUT2D eigenvalue weighted by Crippen LogP contribution is -2.35. The molecule has 1 atom stereocenters. The summed E-state index contributed by atoms with van der Waals surface area (Å²) in [5.41, 5.74) is 3.55. The summed E-state index contributed by atoms with van der Waals surface area (Å²) in [4.78, 5) is 13.3. The number of pyridine rings is 1. The number of aromatic nitrogens is 3. The standard InChI is InChI=1S/C19H29N5O/c1-2-20-10-6-12-23-18-16(13-22-23)14-7-3-4-8-15(14)19(25)24(18)17-9-5-11-21-17/h13,17,20-21H,2-12H2,1H3. The maximum absolute atomic E-state index is 13.3. The van der Waals surface area contributed by atoms with Crippen molar-refractivity contribution in [3.8, 4) is 0 Å². The van der Waals surface area contributed by atoms with Gasteiger partial charge in [0, 0.05) is 17.5 Å². The van der Waals surface area contributed by atoms with Gasteiger partial charge in [0.15, 0.2) is 0 Å². The number of aryl methyl sites for hydroxylation is 2. The van der Waals surface area contributed by atoms with Crippen molar-refractivity contribution in [3.63, 3.8) is 0 Å². The fourth-order valence-electron chi connectivity index (χ4n) is 4.40. The fraction of sp³-hybridized carbons (Fsp3) is 0.684. The van der Waals surface area contributed by atoms with Crippen LogP contribution in [0.5, 0.6) is 0 Å². The highest BCUT2D eigenvalue weighted by Crippen LogP contribution is 2.29. The normalized spacial score (nSPS) is 20.3. The predicted molar refractivity (Wildman–Crippen MR) is 100 cm³/mol. The predicted octanol–water partition coefficient (Wildman–Crippen LogP) is 1.96. The van der Waals surface area contributed by atoms with E-state index in [1.807, 2.05) is 10.8 Å². The molecule has 0 saturated carbocycles. The van der Waals surface area contributed by atoms with E-state index in [0.717, 1.165) is 75.9 Å². The average Bonchev–Trinajstić information content (AvgIpc) is 3.30. The fourth-order valence-corrected chi connectivity index (χ4v) is 4.40. The molecule has 1 fully saturated rings. The molecule has 1 unspecified atom stereocenters. The van der Waals surface area contributed by atoms with E-state index >= 15 is 0 Å². The minimum atomic E-state index is 0.117. The summed E-state index contributed by atoms with van der Waals surface area (Å²) in [5.74, 6) is 0. The van der Waals surface area contributed by atoms with Gasteiger partial charge in [-0.2, -0.15) is 5.10 Å². The molecule has 6 heteroatoms. The molecule has 0 aromatic carbocycles. The molecule has 1 saturated heterocycles. The smallest absolute Gasteiger partial charge is 0.256 e. The van der Waals surface area contributed by atoms with Crippen LogP contribution in [-0.2, 0) is 19.4 Å². The zero-order chi connectivity index (χ0) is 17.2. The van der Waals surface area contributed by atoms with Gasteiger partial charge in [0.2, 0.25) is 0 Å². The molecule has 2 aromatic rings. The van der Waals surface area contributed by atoms with E-state index < -0.39 is 0 Å². The Labute approximate surface area is 148 Å². The Balaban J connectivity index is 1.82. The first-order valence-electron chi connectivity index (χ1n) is 9.87. The summed E-state index contributed by atoms with van der Waals surface area (Å²) in [6.45, 7) is 5.93. The molecule has 6 nitrogen and oxygen atoms in total. The maximum Gasteiger partial charge on any atom is 0.256 e. The van der Waals surface area contributed by atoms with E-state index in [2.05, 4.69) is 27.3 Å². The second kappa shape index (κ2) is 7.30. The Bertz CT molecular complexity index is 800. The molecule has 3 heterocycles. The first-order valence-corrected chi connectivity index (χ1v) is 9.87. The maximum atomic E-state index is 13.3. The van der Waals surface area contributed by atoms with E-state index in [-0.39, 0.29) is 11.7 Å². The molecular formula is C19H29N5O. The lowest BCUT2D eigenvalue weighted by Gasteiger charge is -2.23. The van der Waals surface area contributed by atoms with E-state index in [4.69, 9.17) is 0 Å². The van der Waals surface area contributed by atoms with E-state index in [0.29, 0.717) is 0 Å².